The van der Waals surface area contributed by atoms with Gasteiger partial charge in [-0.15, -0.1) is 0 Å². The molecule has 5 heteroatoms. The third-order valence-electron chi connectivity index (χ3n) is 3.67. The van der Waals surface area contributed by atoms with Crippen molar-refractivity contribution in [1.29, 1.82) is 0 Å². The lowest BCUT2D eigenvalue weighted by molar-refractivity contribution is 0.461. The summed E-state index contributed by atoms with van der Waals surface area (Å²) in [7, 11) is 0. The lowest BCUT2D eigenvalue weighted by atomic mass is 9.95. The summed E-state index contributed by atoms with van der Waals surface area (Å²) in [6, 6.07) is 0.484. The van der Waals surface area contributed by atoms with Crippen molar-refractivity contribution in [2.45, 2.75) is 64.5 Å². The van der Waals surface area contributed by atoms with Crippen LogP contribution in [0.4, 0.5) is 5.69 Å². The van der Waals surface area contributed by atoms with Crippen molar-refractivity contribution in [1.82, 2.24) is 9.78 Å². The first kappa shape index (κ1) is 14.6. The monoisotopic (exact) mass is 327 g/mol. The smallest absolute Gasteiger partial charge is 0.283 e. The number of halogens is 1. The van der Waals surface area contributed by atoms with Crippen LogP contribution in [-0.4, -0.2) is 15.8 Å². The molecule has 19 heavy (non-hydrogen) atoms. The Morgan fingerprint density at radius 2 is 2.16 bits per heavy atom. The van der Waals surface area contributed by atoms with E-state index < -0.39 is 0 Å². The zero-order chi connectivity index (χ0) is 13.7. The van der Waals surface area contributed by atoms with E-state index in [1.54, 1.807) is 10.9 Å². The average Bonchev–Trinajstić information content (AvgIpc) is 2.44. The molecule has 1 heterocycles. The summed E-state index contributed by atoms with van der Waals surface area (Å²) in [6.45, 7) is 2.80. The average molecular weight is 328 g/mol. The third-order valence-corrected chi connectivity index (χ3v) is 4.44. The van der Waals surface area contributed by atoms with Crippen molar-refractivity contribution < 1.29 is 0 Å². The van der Waals surface area contributed by atoms with Gasteiger partial charge in [-0.1, -0.05) is 32.6 Å². The topological polar surface area (TPSA) is 46.9 Å². The van der Waals surface area contributed by atoms with Gasteiger partial charge in [-0.05, 0) is 35.2 Å². The largest absolute Gasteiger partial charge is 0.380 e. The Morgan fingerprint density at radius 3 is 2.84 bits per heavy atom. The van der Waals surface area contributed by atoms with Crippen molar-refractivity contribution in [3.63, 3.8) is 0 Å². The summed E-state index contributed by atoms with van der Waals surface area (Å²) in [5.41, 5.74) is 0.805. The third kappa shape index (κ3) is 3.81. The molecule has 1 aromatic heterocycles. The molecule has 0 amide bonds. The Hall–Kier alpha value is -0.840. The Kier molecular flexibility index (Phi) is 5.43. The maximum atomic E-state index is 12.2. The molecule has 0 aliphatic heterocycles. The Balaban J connectivity index is 2.09. The molecule has 1 aliphatic carbocycles. The minimum atomic E-state index is -0.0331. The molecular weight excluding hydrogens is 306 g/mol. The van der Waals surface area contributed by atoms with E-state index >= 15 is 0 Å². The van der Waals surface area contributed by atoms with Gasteiger partial charge in [0.1, 0.15) is 4.47 Å². The molecular formula is C14H22BrN3O. The molecule has 2 rings (SSSR count). The maximum Gasteiger partial charge on any atom is 0.283 e. The second-order valence-electron chi connectivity index (χ2n) is 5.23. The van der Waals surface area contributed by atoms with E-state index in [2.05, 4.69) is 33.3 Å². The van der Waals surface area contributed by atoms with Crippen molar-refractivity contribution in [3.05, 3.63) is 21.0 Å². The number of rotatable bonds is 5. The van der Waals surface area contributed by atoms with Crippen molar-refractivity contribution in [3.8, 4) is 0 Å². The first-order valence-corrected chi connectivity index (χ1v) is 8.04. The lowest BCUT2D eigenvalue weighted by Crippen LogP contribution is -2.28. The molecule has 0 atom stereocenters. The quantitative estimate of drug-likeness (QED) is 0.899. The molecule has 1 aromatic rings. The number of unbranched alkanes of at least 4 members (excludes halogenated alkanes) is 1. The zero-order valence-electron chi connectivity index (χ0n) is 11.5. The van der Waals surface area contributed by atoms with Crippen LogP contribution in [0.3, 0.4) is 0 Å². The standard InChI is InChI=1S/C14H22BrN3O/c1-2-3-9-18-14(19)13(15)12(10-16-18)17-11-7-5-4-6-8-11/h10-11,17H,2-9H2,1H3. The van der Waals surface area contributed by atoms with Crippen LogP contribution in [0.2, 0.25) is 0 Å². The molecule has 0 unspecified atom stereocenters. The number of aryl methyl sites for hydroxylation is 1. The molecule has 0 spiro atoms. The molecule has 1 aliphatic rings. The van der Waals surface area contributed by atoms with Gasteiger partial charge in [-0.3, -0.25) is 4.79 Å². The Morgan fingerprint density at radius 1 is 1.42 bits per heavy atom. The van der Waals surface area contributed by atoms with Crippen molar-refractivity contribution >= 4 is 21.6 Å². The predicted octanol–water partition coefficient (Wildman–Crippen LogP) is 3.55. The molecule has 106 valence electrons. The van der Waals surface area contributed by atoms with Gasteiger partial charge in [-0.25, -0.2) is 4.68 Å². The summed E-state index contributed by atoms with van der Waals surface area (Å²) in [5, 5.41) is 7.70. The number of aromatic nitrogens is 2. The van der Waals surface area contributed by atoms with E-state index in [1.807, 2.05) is 0 Å². The highest BCUT2D eigenvalue weighted by molar-refractivity contribution is 9.10. The normalized spacial score (nSPS) is 16.5. The molecule has 0 radical (unpaired) electrons. The van der Waals surface area contributed by atoms with Crippen LogP contribution in [0.5, 0.6) is 0 Å². The van der Waals surface area contributed by atoms with Crippen LogP contribution in [0.25, 0.3) is 0 Å². The highest BCUT2D eigenvalue weighted by Gasteiger charge is 2.16. The van der Waals surface area contributed by atoms with Gasteiger partial charge >= 0.3 is 0 Å². The minimum absolute atomic E-state index is 0.0331. The van der Waals surface area contributed by atoms with E-state index in [-0.39, 0.29) is 5.56 Å². The van der Waals surface area contributed by atoms with Gasteiger partial charge in [0.25, 0.3) is 5.56 Å². The van der Waals surface area contributed by atoms with E-state index in [4.69, 9.17) is 0 Å². The SMILES string of the molecule is CCCCn1ncc(NC2CCCCC2)c(Br)c1=O. The first-order chi connectivity index (χ1) is 9.22. The summed E-state index contributed by atoms with van der Waals surface area (Å²) in [6.07, 6.45) is 10.1. The second kappa shape index (κ2) is 7.08. The summed E-state index contributed by atoms with van der Waals surface area (Å²) in [5.74, 6) is 0. The van der Waals surface area contributed by atoms with Crippen LogP contribution in [0, 0.1) is 0 Å². The van der Waals surface area contributed by atoms with Crippen LogP contribution in [0.15, 0.2) is 15.5 Å². The fraction of sp³-hybridized carbons (Fsp3) is 0.714. The lowest BCUT2D eigenvalue weighted by Gasteiger charge is -2.24. The van der Waals surface area contributed by atoms with Crippen LogP contribution >= 0.6 is 15.9 Å². The fourth-order valence-corrected chi connectivity index (χ4v) is 2.92. The molecule has 1 saturated carbocycles. The van der Waals surface area contributed by atoms with Gasteiger partial charge in [0, 0.05) is 12.6 Å². The van der Waals surface area contributed by atoms with E-state index in [1.165, 1.54) is 32.1 Å². The van der Waals surface area contributed by atoms with Gasteiger partial charge in [0.15, 0.2) is 0 Å². The molecule has 0 saturated heterocycles. The number of hydrogen-bond donors (Lipinski definition) is 1. The molecule has 4 nitrogen and oxygen atoms in total. The van der Waals surface area contributed by atoms with Crippen LogP contribution < -0.4 is 10.9 Å². The van der Waals surface area contributed by atoms with Crippen LogP contribution in [-0.2, 0) is 6.54 Å². The molecule has 0 bridgehead atoms. The minimum Gasteiger partial charge on any atom is -0.380 e. The van der Waals surface area contributed by atoms with E-state index in [0.717, 1.165) is 18.5 Å². The second-order valence-corrected chi connectivity index (χ2v) is 6.03. The van der Waals surface area contributed by atoms with Crippen molar-refractivity contribution in [2.75, 3.05) is 5.32 Å². The number of hydrogen-bond acceptors (Lipinski definition) is 3. The highest BCUT2D eigenvalue weighted by Crippen LogP contribution is 2.24. The molecule has 1 N–H and O–H groups in total. The Labute approximate surface area is 122 Å². The Bertz CT molecular complexity index is 466. The fourth-order valence-electron chi connectivity index (χ4n) is 2.50. The summed E-state index contributed by atoms with van der Waals surface area (Å²) < 4.78 is 2.16. The molecule has 1 fully saturated rings. The van der Waals surface area contributed by atoms with Gasteiger partial charge in [0.2, 0.25) is 0 Å². The maximum absolute atomic E-state index is 12.2. The number of anilines is 1. The van der Waals surface area contributed by atoms with Crippen LogP contribution in [0.1, 0.15) is 51.9 Å². The van der Waals surface area contributed by atoms with E-state index in [9.17, 15) is 4.79 Å². The van der Waals surface area contributed by atoms with Gasteiger partial charge in [0.05, 0.1) is 11.9 Å². The summed E-state index contributed by atoms with van der Waals surface area (Å²) in [4.78, 5) is 12.2. The predicted molar refractivity (Wildman–Crippen MR) is 81.6 cm³/mol. The van der Waals surface area contributed by atoms with Gasteiger partial charge in [-0.2, -0.15) is 5.10 Å². The first-order valence-electron chi connectivity index (χ1n) is 7.24. The zero-order valence-corrected chi connectivity index (χ0v) is 13.1. The van der Waals surface area contributed by atoms with Gasteiger partial charge < -0.3 is 5.32 Å². The van der Waals surface area contributed by atoms with Crippen molar-refractivity contribution in [2.24, 2.45) is 0 Å². The number of nitrogens with one attached hydrogen (secondary N) is 1. The highest BCUT2D eigenvalue weighted by atomic mass is 79.9. The summed E-state index contributed by atoms with van der Waals surface area (Å²) >= 11 is 3.41. The number of nitrogens with zero attached hydrogens (tertiary/aromatic N) is 2. The molecule has 0 aromatic carbocycles. The van der Waals surface area contributed by atoms with E-state index in [0.29, 0.717) is 17.1 Å².